The summed E-state index contributed by atoms with van der Waals surface area (Å²) in [5, 5.41) is 0.784. The molecule has 1 aromatic rings. The molecule has 0 saturated carbocycles. The third-order valence-electron chi connectivity index (χ3n) is 2.90. The molecule has 0 spiro atoms. The number of halogens is 1. The molecule has 1 aromatic carbocycles. The Balaban J connectivity index is 2.61. The number of likely N-dealkylation sites (N-methyl/N-ethyl adjacent to an activating group) is 1. The van der Waals surface area contributed by atoms with Crippen LogP contribution < -0.4 is 10.6 Å². The Bertz CT molecular complexity index is 394. The van der Waals surface area contributed by atoms with Gasteiger partial charge in [0, 0.05) is 30.3 Å². The van der Waals surface area contributed by atoms with Gasteiger partial charge in [-0.1, -0.05) is 17.7 Å². The molecule has 0 aliphatic heterocycles. The molecule has 0 radical (unpaired) electrons. The van der Waals surface area contributed by atoms with E-state index in [4.69, 9.17) is 22.1 Å². The second-order valence-corrected chi connectivity index (χ2v) is 5.71. The molecule has 4 heteroatoms. The molecule has 0 aromatic heterocycles. The topological polar surface area (TPSA) is 38.5 Å². The van der Waals surface area contributed by atoms with Crippen molar-refractivity contribution in [2.45, 2.75) is 39.3 Å². The zero-order valence-corrected chi connectivity index (χ0v) is 13.1. The van der Waals surface area contributed by atoms with Gasteiger partial charge in [-0.05, 0) is 44.9 Å². The summed E-state index contributed by atoms with van der Waals surface area (Å²) < 4.78 is 5.55. The van der Waals surface area contributed by atoms with Gasteiger partial charge in [-0.25, -0.2) is 0 Å². The van der Waals surface area contributed by atoms with Gasteiger partial charge >= 0.3 is 0 Å². The zero-order valence-electron chi connectivity index (χ0n) is 12.3. The Kier molecular flexibility index (Phi) is 6.63. The van der Waals surface area contributed by atoms with Crippen molar-refractivity contribution in [3.05, 3.63) is 28.8 Å². The highest BCUT2D eigenvalue weighted by Gasteiger charge is 2.07. The van der Waals surface area contributed by atoms with Crippen molar-refractivity contribution in [2.24, 2.45) is 5.73 Å². The predicted molar refractivity (Wildman–Crippen MR) is 83.2 cm³/mol. The van der Waals surface area contributed by atoms with Crippen LogP contribution in [0.25, 0.3) is 0 Å². The number of rotatable bonds is 7. The van der Waals surface area contributed by atoms with Crippen molar-refractivity contribution in [3.8, 4) is 0 Å². The molecule has 0 aliphatic rings. The Morgan fingerprint density at radius 1 is 1.32 bits per heavy atom. The summed E-state index contributed by atoms with van der Waals surface area (Å²) >= 11 is 6.29. The molecule has 0 heterocycles. The predicted octanol–water partition coefficient (Wildman–Crippen LogP) is 3.09. The number of benzene rings is 1. The van der Waals surface area contributed by atoms with E-state index in [0.717, 1.165) is 29.2 Å². The summed E-state index contributed by atoms with van der Waals surface area (Å²) in [7, 11) is 2.04. The van der Waals surface area contributed by atoms with E-state index < -0.39 is 0 Å². The van der Waals surface area contributed by atoms with E-state index in [1.807, 2.05) is 33.9 Å². The lowest BCUT2D eigenvalue weighted by Gasteiger charge is -2.21. The van der Waals surface area contributed by atoms with Crippen molar-refractivity contribution in [2.75, 3.05) is 25.1 Å². The molecule has 3 nitrogen and oxygen atoms in total. The van der Waals surface area contributed by atoms with Crippen molar-refractivity contribution in [1.82, 2.24) is 0 Å². The second kappa shape index (κ2) is 7.73. The van der Waals surface area contributed by atoms with Crippen LogP contribution in [-0.4, -0.2) is 32.3 Å². The van der Waals surface area contributed by atoms with Crippen LogP contribution >= 0.6 is 11.6 Å². The number of anilines is 1. The minimum atomic E-state index is 0.125. The van der Waals surface area contributed by atoms with Gasteiger partial charge in [-0.3, -0.25) is 0 Å². The molecule has 1 rings (SSSR count). The van der Waals surface area contributed by atoms with Crippen LogP contribution in [0.1, 0.15) is 26.3 Å². The molecule has 108 valence electrons. The van der Waals surface area contributed by atoms with Gasteiger partial charge < -0.3 is 15.4 Å². The van der Waals surface area contributed by atoms with E-state index in [1.54, 1.807) is 0 Å². The highest BCUT2D eigenvalue weighted by atomic mass is 35.5. The highest BCUT2D eigenvalue weighted by Crippen LogP contribution is 2.24. The quantitative estimate of drug-likeness (QED) is 0.836. The summed E-state index contributed by atoms with van der Waals surface area (Å²) in [6.07, 6.45) is 1.07. The maximum atomic E-state index is 6.29. The van der Waals surface area contributed by atoms with Crippen LogP contribution in [0.4, 0.5) is 5.69 Å². The van der Waals surface area contributed by atoms with Crippen molar-refractivity contribution in [3.63, 3.8) is 0 Å². The molecule has 0 fully saturated rings. The van der Waals surface area contributed by atoms with Gasteiger partial charge in [-0.15, -0.1) is 0 Å². The number of hydrogen-bond acceptors (Lipinski definition) is 3. The fourth-order valence-electron chi connectivity index (χ4n) is 1.84. The number of ether oxygens (including phenoxy) is 1. The molecular formula is C15H25ClN2O. The van der Waals surface area contributed by atoms with Crippen molar-refractivity contribution < 1.29 is 4.74 Å². The smallest absolute Gasteiger partial charge is 0.0644 e. The monoisotopic (exact) mass is 284 g/mol. The lowest BCUT2D eigenvalue weighted by molar-refractivity contribution is 0.0846. The van der Waals surface area contributed by atoms with Gasteiger partial charge in [-0.2, -0.15) is 0 Å². The van der Waals surface area contributed by atoms with Gasteiger partial charge in [0.05, 0.1) is 12.7 Å². The van der Waals surface area contributed by atoms with Gasteiger partial charge in [0.2, 0.25) is 0 Å². The van der Waals surface area contributed by atoms with Crippen LogP contribution in [0, 0.1) is 0 Å². The fraction of sp³-hybridized carbons (Fsp3) is 0.600. The first-order valence-electron chi connectivity index (χ1n) is 6.77. The summed E-state index contributed by atoms with van der Waals surface area (Å²) in [6.45, 7) is 7.63. The molecule has 0 bridgehead atoms. The van der Waals surface area contributed by atoms with E-state index in [2.05, 4.69) is 17.0 Å². The van der Waals surface area contributed by atoms with Gasteiger partial charge in [0.1, 0.15) is 0 Å². The second-order valence-electron chi connectivity index (χ2n) is 5.30. The molecule has 0 saturated heterocycles. The summed E-state index contributed by atoms with van der Waals surface area (Å²) in [5.74, 6) is 0. The van der Waals surface area contributed by atoms with E-state index in [-0.39, 0.29) is 12.1 Å². The summed E-state index contributed by atoms with van der Waals surface area (Å²) in [4.78, 5) is 2.14. The van der Waals surface area contributed by atoms with Gasteiger partial charge in [0.15, 0.2) is 0 Å². The first-order valence-corrected chi connectivity index (χ1v) is 7.14. The zero-order chi connectivity index (χ0) is 14.4. The molecule has 1 unspecified atom stereocenters. The Labute approximate surface area is 121 Å². The maximum Gasteiger partial charge on any atom is 0.0644 e. The Morgan fingerprint density at radius 3 is 2.53 bits per heavy atom. The average Bonchev–Trinajstić information content (AvgIpc) is 2.30. The van der Waals surface area contributed by atoms with E-state index in [0.29, 0.717) is 6.61 Å². The van der Waals surface area contributed by atoms with Crippen molar-refractivity contribution >= 4 is 17.3 Å². The summed E-state index contributed by atoms with van der Waals surface area (Å²) in [5.41, 5.74) is 8.01. The van der Waals surface area contributed by atoms with Crippen LogP contribution in [0.3, 0.4) is 0 Å². The fourth-order valence-corrected chi connectivity index (χ4v) is 2.09. The summed E-state index contributed by atoms with van der Waals surface area (Å²) in [6, 6.07) is 6.26. The molecule has 0 amide bonds. The number of hydrogen-bond donors (Lipinski definition) is 1. The Hall–Kier alpha value is -0.770. The average molecular weight is 285 g/mol. The van der Waals surface area contributed by atoms with Gasteiger partial charge in [0.25, 0.3) is 0 Å². The highest BCUT2D eigenvalue weighted by molar-refractivity contribution is 6.31. The van der Waals surface area contributed by atoms with Crippen LogP contribution in [-0.2, 0) is 11.2 Å². The standard InChI is InChI=1S/C15H25ClN2O/c1-11(2)19-8-7-18(4)14-6-5-13(9-12(3)17)15(16)10-14/h5-6,10-12H,7-9,17H2,1-4H3. The van der Waals surface area contributed by atoms with Crippen molar-refractivity contribution in [1.29, 1.82) is 0 Å². The first-order chi connectivity index (χ1) is 8.90. The molecule has 19 heavy (non-hydrogen) atoms. The molecule has 2 N–H and O–H groups in total. The Morgan fingerprint density at radius 2 is 2.00 bits per heavy atom. The van der Waals surface area contributed by atoms with Crippen LogP contribution in [0.2, 0.25) is 5.02 Å². The van der Waals surface area contributed by atoms with E-state index >= 15 is 0 Å². The normalized spacial score (nSPS) is 12.8. The lowest BCUT2D eigenvalue weighted by atomic mass is 10.1. The third kappa shape index (κ3) is 5.81. The minimum Gasteiger partial charge on any atom is -0.377 e. The minimum absolute atomic E-state index is 0.125. The van der Waals surface area contributed by atoms with E-state index in [1.165, 1.54) is 0 Å². The molecule has 1 atom stereocenters. The molecular weight excluding hydrogens is 260 g/mol. The number of nitrogens with zero attached hydrogens (tertiary/aromatic N) is 1. The SMILES string of the molecule is CC(N)Cc1ccc(N(C)CCOC(C)C)cc1Cl. The number of nitrogens with two attached hydrogens (primary N) is 1. The maximum absolute atomic E-state index is 6.29. The van der Waals surface area contributed by atoms with E-state index in [9.17, 15) is 0 Å². The van der Waals surface area contributed by atoms with Crippen LogP contribution in [0.5, 0.6) is 0 Å². The largest absolute Gasteiger partial charge is 0.377 e. The third-order valence-corrected chi connectivity index (χ3v) is 3.25. The first kappa shape index (κ1) is 16.3. The lowest BCUT2D eigenvalue weighted by Crippen LogP contribution is -2.24. The van der Waals surface area contributed by atoms with Crippen LogP contribution in [0.15, 0.2) is 18.2 Å². The molecule has 0 aliphatic carbocycles.